The van der Waals surface area contributed by atoms with Crippen LogP contribution >= 0.6 is 0 Å². The highest BCUT2D eigenvalue weighted by atomic mass is 19.2. The quantitative estimate of drug-likeness (QED) is 0.876. The molecular weight excluding hydrogens is 304 g/mol. The van der Waals surface area contributed by atoms with Gasteiger partial charge in [-0.05, 0) is 42.4 Å². The first-order valence-corrected chi connectivity index (χ1v) is 7.92. The van der Waals surface area contributed by atoms with Crippen molar-refractivity contribution >= 4 is 11.9 Å². The van der Waals surface area contributed by atoms with Crippen LogP contribution in [0.15, 0.2) is 18.2 Å². The van der Waals surface area contributed by atoms with E-state index in [1.807, 2.05) is 0 Å². The van der Waals surface area contributed by atoms with E-state index >= 15 is 0 Å². The summed E-state index contributed by atoms with van der Waals surface area (Å²) in [6.45, 7) is 0.197. The van der Waals surface area contributed by atoms with E-state index in [1.165, 1.54) is 11.0 Å². The van der Waals surface area contributed by atoms with Gasteiger partial charge < -0.3 is 10.0 Å². The van der Waals surface area contributed by atoms with Crippen molar-refractivity contribution < 1.29 is 23.5 Å². The van der Waals surface area contributed by atoms with E-state index < -0.39 is 17.6 Å². The summed E-state index contributed by atoms with van der Waals surface area (Å²) >= 11 is 0. The second-order valence-electron chi connectivity index (χ2n) is 6.44. The van der Waals surface area contributed by atoms with Gasteiger partial charge in [-0.3, -0.25) is 9.59 Å². The minimum Gasteiger partial charge on any atom is -0.481 e. The molecule has 2 aliphatic carbocycles. The molecule has 2 aliphatic rings. The van der Waals surface area contributed by atoms with Gasteiger partial charge in [0.05, 0.1) is 6.42 Å². The summed E-state index contributed by atoms with van der Waals surface area (Å²) in [4.78, 5) is 24.9. The molecule has 4 nitrogen and oxygen atoms in total. The minimum absolute atomic E-state index is 0.0113. The molecule has 1 amide bonds. The first-order valence-electron chi connectivity index (χ1n) is 7.92. The van der Waals surface area contributed by atoms with Crippen molar-refractivity contribution in [3.63, 3.8) is 0 Å². The Bertz CT molecular complexity index is 624. The molecule has 0 aliphatic heterocycles. The Morgan fingerprint density at radius 1 is 1.17 bits per heavy atom. The van der Waals surface area contributed by atoms with Crippen LogP contribution in [0.2, 0.25) is 0 Å². The zero-order chi connectivity index (χ0) is 16.6. The number of amides is 1. The maximum Gasteiger partial charge on any atom is 0.305 e. The number of carbonyl (C=O) groups excluding carboxylic acids is 1. The predicted octanol–water partition coefficient (Wildman–Crippen LogP) is 2.81. The smallest absolute Gasteiger partial charge is 0.305 e. The van der Waals surface area contributed by atoms with Crippen molar-refractivity contribution in [2.45, 2.75) is 32.2 Å². The topological polar surface area (TPSA) is 57.6 Å². The Morgan fingerprint density at radius 3 is 2.48 bits per heavy atom. The van der Waals surface area contributed by atoms with Crippen LogP contribution in [0.1, 0.15) is 31.2 Å². The minimum atomic E-state index is -0.982. The van der Waals surface area contributed by atoms with Crippen LogP contribution in [0.25, 0.3) is 0 Å². The zero-order valence-electron chi connectivity index (χ0n) is 12.7. The highest BCUT2D eigenvalue weighted by Crippen LogP contribution is 2.58. The van der Waals surface area contributed by atoms with Crippen LogP contribution in [-0.2, 0) is 16.1 Å². The van der Waals surface area contributed by atoms with E-state index in [1.54, 1.807) is 0 Å². The van der Waals surface area contributed by atoms with Crippen molar-refractivity contribution in [3.05, 3.63) is 35.4 Å². The summed E-state index contributed by atoms with van der Waals surface area (Å²) in [6, 6.07) is 3.51. The molecule has 0 aromatic heterocycles. The molecule has 0 spiro atoms. The average molecular weight is 323 g/mol. The Hall–Kier alpha value is -1.98. The van der Waals surface area contributed by atoms with Crippen molar-refractivity contribution in [2.24, 2.45) is 17.8 Å². The SMILES string of the molecule is O=C(O)CCN(Cc1ccc(F)c(F)c1)C(=O)C1[C@H]2CCC[C@@H]12. The highest BCUT2D eigenvalue weighted by Gasteiger charge is 2.57. The molecule has 1 unspecified atom stereocenters. The first kappa shape index (κ1) is 15.9. The Kier molecular flexibility index (Phi) is 4.33. The second-order valence-corrected chi connectivity index (χ2v) is 6.44. The number of carboxylic acids is 1. The molecule has 6 heteroatoms. The fourth-order valence-corrected chi connectivity index (χ4v) is 3.75. The van der Waals surface area contributed by atoms with Crippen molar-refractivity contribution in [1.29, 1.82) is 0 Å². The number of halogens is 2. The predicted molar refractivity (Wildman–Crippen MR) is 78.3 cm³/mol. The Labute approximate surface area is 133 Å². The lowest BCUT2D eigenvalue weighted by Gasteiger charge is -2.23. The van der Waals surface area contributed by atoms with E-state index in [-0.39, 0.29) is 31.3 Å². The molecule has 0 radical (unpaired) electrons. The van der Waals surface area contributed by atoms with Crippen molar-refractivity contribution in [3.8, 4) is 0 Å². The first-order chi connectivity index (χ1) is 11.0. The highest BCUT2D eigenvalue weighted by molar-refractivity contribution is 5.83. The average Bonchev–Trinajstić information content (AvgIpc) is 2.98. The number of carboxylic acid groups (broad SMARTS) is 1. The van der Waals surface area contributed by atoms with Gasteiger partial charge in [0, 0.05) is 19.0 Å². The number of benzene rings is 1. The van der Waals surface area contributed by atoms with Gasteiger partial charge in [-0.1, -0.05) is 12.5 Å². The maximum atomic E-state index is 13.3. The molecule has 0 bridgehead atoms. The lowest BCUT2D eigenvalue weighted by atomic mass is 10.1. The van der Waals surface area contributed by atoms with Gasteiger partial charge in [-0.25, -0.2) is 8.78 Å². The van der Waals surface area contributed by atoms with Gasteiger partial charge in [-0.15, -0.1) is 0 Å². The molecule has 23 heavy (non-hydrogen) atoms. The number of fused-ring (bicyclic) bond motifs is 1. The summed E-state index contributed by atoms with van der Waals surface area (Å²) in [5, 5.41) is 8.86. The number of nitrogens with zero attached hydrogens (tertiary/aromatic N) is 1. The van der Waals surface area contributed by atoms with Crippen LogP contribution < -0.4 is 0 Å². The standard InChI is InChI=1S/C17H19F2NO3/c18-13-5-4-10(8-14(13)19)9-20(7-6-15(21)22)17(23)16-11-2-1-3-12(11)16/h4-5,8,11-12,16H,1-3,6-7,9H2,(H,21,22)/t11-,12+,16?. The van der Waals surface area contributed by atoms with Gasteiger partial charge in [0.25, 0.3) is 0 Å². The molecule has 3 atom stereocenters. The van der Waals surface area contributed by atoms with Crippen LogP contribution in [0, 0.1) is 29.4 Å². The number of hydrogen-bond donors (Lipinski definition) is 1. The van der Waals surface area contributed by atoms with Crippen molar-refractivity contribution in [1.82, 2.24) is 4.90 Å². The summed E-state index contributed by atoms with van der Waals surface area (Å²) in [6.07, 6.45) is 3.10. The summed E-state index contributed by atoms with van der Waals surface area (Å²) < 4.78 is 26.3. The van der Waals surface area contributed by atoms with Crippen LogP contribution in [0.5, 0.6) is 0 Å². The summed E-state index contributed by atoms with van der Waals surface area (Å²) in [5.41, 5.74) is 0.466. The Balaban J connectivity index is 1.71. The molecule has 2 fully saturated rings. The summed E-state index contributed by atoms with van der Waals surface area (Å²) in [7, 11) is 0. The number of aliphatic carboxylic acids is 1. The molecule has 1 aromatic rings. The third kappa shape index (κ3) is 3.35. The fourth-order valence-electron chi connectivity index (χ4n) is 3.75. The van der Waals surface area contributed by atoms with Crippen LogP contribution in [0.3, 0.4) is 0 Å². The van der Waals surface area contributed by atoms with E-state index in [2.05, 4.69) is 0 Å². The van der Waals surface area contributed by atoms with Crippen LogP contribution in [0.4, 0.5) is 8.78 Å². The molecule has 1 aromatic carbocycles. The van der Waals surface area contributed by atoms with E-state index in [0.29, 0.717) is 17.4 Å². The molecule has 0 heterocycles. The number of hydrogen-bond acceptors (Lipinski definition) is 2. The molecule has 1 N–H and O–H groups in total. The van der Waals surface area contributed by atoms with Crippen LogP contribution in [-0.4, -0.2) is 28.4 Å². The molecule has 0 saturated heterocycles. The summed E-state index contributed by atoms with van der Waals surface area (Å²) in [5.74, 6) is -2.08. The monoisotopic (exact) mass is 323 g/mol. The number of carbonyl (C=O) groups is 2. The molecule has 3 rings (SSSR count). The maximum absolute atomic E-state index is 13.3. The lowest BCUT2D eigenvalue weighted by Crippen LogP contribution is -2.34. The van der Waals surface area contributed by atoms with E-state index in [9.17, 15) is 18.4 Å². The van der Waals surface area contributed by atoms with Gasteiger partial charge in [-0.2, -0.15) is 0 Å². The molecular formula is C17H19F2NO3. The normalized spacial score (nSPS) is 25.0. The van der Waals surface area contributed by atoms with Crippen molar-refractivity contribution in [2.75, 3.05) is 6.54 Å². The van der Waals surface area contributed by atoms with Gasteiger partial charge in [0.2, 0.25) is 5.91 Å². The fraction of sp³-hybridized carbons (Fsp3) is 0.529. The second kappa shape index (κ2) is 6.26. The molecule has 2 saturated carbocycles. The largest absolute Gasteiger partial charge is 0.481 e. The van der Waals surface area contributed by atoms with Gasteiger partial charge in [0.15, 0.2) is 11.6 Å². The molecule has 124 valence electrons. The van der Waals surface area contributed by atoms with Gasteiger partial charge in [0.1, 0.15) is 0 Å². The van der Waals surface area contributed by atoms with E-state index in [4.69, 9.17) is 5.11 Å². The Morgan fingerprint density at radius 2 is 1.87 bits per heavy atom. The third-order valence-electron chi connectivity index (χ3n) is 4.96. The van der Waals surface area contributed by atoms with Gasteiger partial charge >= 0.3 is 5.97 Å². The van der Waals surface area contributed by atoms with E-state index in [0.717, 1.165) is 31.4 Å². The zero-order valence-corrected chi connectivity index (χ0v) is 12.7. The third-order valence-corrected chi connectivity index (χ3v) is 4.96. The lowest BCUT2D eigenvalue weighted by molar-refractivity contribution is -0.139. The number of rotatable bonds is 6.